The van der Waals surface area contributed by atoms with E-state index in [0.717, 1.165) is 6.42 Å². The Kier molecular flexibility index (Phi) is 2.43. The molecule has 1 aliphatic rings. The molecule has 1 saturated carbocycles. The van der Waals surface area contributed by atoms with Crippen molar-refractivity contribution in [2.45, 2.75) is 52.5 Å². The van der Waals surface area contributed by atoms with E-state index in [-0.39, 0.29) is 16.7 Å². The molecule has 0 heterocycles. The van der Waals surface area contributed by atoms with Crippen molar-refractivity contribution >= 4 is 5.91 Å². The molecule has 0 aromatic rings. The lowest BCUT2D eigenvalue weighted by Crippen LogP contribution is -2.59. The number of nitrogens with two attached hydrogens (primary N) is 2. The maximum atomic E-state index is 11.3. The zero-order chi connectivity index (χ0) is 11.2. The van der Waals surface area contributed by atoms with E-state index in [1.807, 2.05) is 0 Å². The van der Waals surface area contributed by atoms with Gasteiger partial charge in [0.05, 0.1) is 5.54 Å². The summed E-state index contributed by atoms with van der Waals surface area (Å²) in [5.74, 6) is -0.363. The van der Waals surface area contributed by atoms with Gasteiger partial charge in [-0.1, -0.05) is 27.7 Å². The van der Waals surface area contributed by atoms with E-state index in [1.54, 1.807) is 0 Å². The SMILES string of the molecule is CC1(C)CC(C)(C)CC(N)(C(N)=O)C1. The Morgan fingerprint density at radius 1 is 1.00 bits per heavy atom. The van der Waals surface area contributed by atoms with Crippen LogP contribution >= 0.6 is 0 Å². The van der Waals surface area contributed by atoms with Crippen LogP contribution in [0.1, 0.15) is 47.0 Å². The van der Waals surface area contributed by atoms with E-state index in [4.69, 9.17) is 11.5 Å². The Labute approximate surface area is 86.2 Å². The molecule has 3 nitrogen and oxygen atoms in total. The average Bonchev–Trinajstić information content (AvgIpc) is 1.76. The maximum absolute atomic E-state index is 11.3. The molecule has 1 amide bonds. The van der Waals surface area contributed by atoms with Crippen molar-refractivity contribution in [1.29, 1.82) is 0 Å². The first-order valence-electron chi connectivity index (χ1n) is 5.15. The lowest BCUT2D eigenvalue weighted by molar-refractivity contribution is -0.128. The molecule has 0 aliphatic heterocycles. The van der Waals surface area contributed by atoms with Crippen molar-refractivity contribution in [3.63, 3.8) is 0 Å². The van der Waals surface area contributed by atoms with Crippen LogP contribution in [-0.4, -0.2) is 11.4 Å². The molecule has 3 heteroatoms. The Balaban J connectivity index is 2.97. The molecule has 0 saturated heterocycles. The van der Waals surface area contributed by atoms with Crippen LogP contribution in [0.2, 0.25) is 0 Å². The van der Waals surface area contributed by atoms with Gasteiger partial charge in [0.15, 0.2) is 0 Å². The molecule has 82 valence electrons. The van der Waals surface area contributed by atoms with Crippen LogP contribution in [0.25, 0.3) is 0 Å². The topological polar surface area (TPSA) is 69.1 Å². The van der Waals surface area contributed by atoms with Crippen LogP contribution in [0.3, 0.4) is 0 Å². The molecule has 0 radical (unpaired) electrons. The van der Waals surface area contributed by atoms with Gasteiger partial charge >= 0.3 is 0 Å². The highest BCUT2D eigenvalue weighted by Gasteiger charge is 2.48. The van der Waals surface area contributed by atoms with Gasteiger partial charge in [-0.3, -0.25) is 4.79 Å². The van der Waals surface area contributed by atoms with Crippen molar-refractivity contribution in [3.05, 3.63) is 0 Å². The molecule has 0 atom stereocenters. The highest BCUT2D eigenvalue weighted by atomic mass is 16.1. The fourth-order valence-electron chi connectivity index (χ4n) is 3.37. The normalized spacial score (nSPS) is 28.4. The third kappa shape index (κ3) is 2.27. The Hall–Kier alpha value is -0.570. The average molecular weight is 198 g/mol. The smallest absolute Gasteiger partial charge is 0.237 e. The largest absolute Gasteiger partial charge is 0.368 e. The third-order valence-corrected chi connectivity index (χ3v) is 3.04. The molecule has 0 spiro atoms. The summed E-state index contributed by atoms with van der Waals surface area (Å²) in [5.41, 5.74) is 10.8. The van der Waals surface area contributed by atoms with Gasteiger partial charge in [0.2, 0.25) is 5.91 Å². The minimum Gasteiger partial charge on any atom is -0.368 e. The molecule has 1 rings (SSSR count). The molecule has 1 fully saturated rings. The van der Waals surface area contributed by atoms with E-state index in [1.165, 1.54) is 0 Å². The first kappa shape index (κ1) is 11.5. The Morgan fingerprint density at radius 2 is 1.36 bits per heavy atom. The van der Waals surface area contributed by atoms with Crippen LogP contribution in [0, 0.1) is 10.8 Å². The summed E-state index contributed by atoms with van der Waals surface area (Å²) >= 11 is 0. The van der Waals surface area contributed by atoms with E-state index < -0.39 is 5.54 Å². The summed E-state index contributed by atoms with van der Waals surface area (Å²) in [6, 6.07) is 0. The third-order valence-electron chi connectivity index (χ3n) is 3.04. The van der Waals surface area contributed by atoms with Gasteiger partial charge in [0.25, 0.3) is 0 Å². The summed E-state index contributed by atoms with van der Waals surface area (Å²) in [7, 11) is 0. The standard InChI is InChI=1S/C11H22N2O/c1-9(2)5-10(3,4)7-11(13,6-9)8(12)14/h5-7,13H2,1-4H3,(H2,12,14). The zero-order valence-electron chi connectivity index (χ0n) is 9.68. The second kappa shape index (κ2) is 2.96. The van der Waals surface area contributed by atoms with Gasteiger partial charge in [-0.25, -0.2) is 0 Å². The first-order chi connectivity index (χ1) is 6.06. The summed E-state index contributed by atoms with van der Waals surface area (Å²) < 4.78 is 0. The predicted molar refractivity (Wildman–Crippen MR) is 57.5 cm³/mol. The fraction of sp³-hybridized carbons (Fsp3) is 0.909. The van der Waals surface area contributed by atoms with Crippen LogP contribution in [-0.2, 0) is 4.79 Å². The van der Waals surface area contributed by atoms with Crippen LogP contribution < -0.4 is 11.5 Å². The molecule has 4 N–H and O–H groups in total. The maximum Gasteiger partial charge on any atom is 0.237 e. The number of hydrogen-bond acceptors (Lipinski definition) is 2. The lowest BCUT2D eigenvalue weighted by atomic mass is 9.58. The molecule has 0 unspecified atom stereocenters. The number of carbonyl (C=O) groups excluding carboxylic acids is 1. The fourth-order valence-corrected chi connectivity index (χ4v) is 3.37. The number of rotatable bonds is 1. The van der Waals surface area contributed by atoms with E-state index in [2.05, 4.69) is 27.7 Å². The van der Waals surface area contributed by atoms with Crippen molar-refractivity contribution < 1.29 is 4.79 Å². The van der Waals surface area contributed by atoms with Crippen molar-refractivity contribution in [2.24, 2.45) is 22.3 Å². The summed E-state index contributed by atoms with van der Waals surface area (Å²) in [6.07, 6.45) is 2.48. The molecule has 14 heavy (non-hydrogen) atoms. The number of hydrogen-bond donors (Lipinski definition) is 2. The van der Waals surface area contributed by atoms with E-state index in [9.17, 15) is 4.79 Å². The quantitative estimate of drug-likeness (QED) is 0.668. The van der Waals surface area contributed by atoms with Gasteiger partial charge in [-0.05, 0) is 30.1 Å². The Morgan fingerprint density at radius 3 is 1.64 bits per heavy atom. The summed E-state index contributed by atoms with van der Waals surface area (Å²) in [4.78, 5) is 11.3. The molecular formula is C11H22N2O. The molecule has 0 bridgehead atoms. The van der Waals surface area contributed by atoms with Gasteiger partial charge in [-0.2, -0.15) is 0 Å². The minimum atomic E-state index is -0.814. The van der Waals surface area contributed by atoms with Gasteiger partial charge in [0, 0.05) is 0 Å². The summed E-state index contributed by atoms with van der Waals surface area (Å²) in [5, 5.41) is 0. The van der Waals surface area contributed by atoms with E-state index >= 15 is 0 Å². The number of carbonyl (C=O) groups is 1. The second-order valence-corrected chi connectivity index (χ2v) is 6.38. The minimum absolute atomic E-state index is 0.103. The van der Waals surface area contributed by atoms with Gasteiger partial charge in [0.1, 0.15) is 0 Å². The lowest BCUT2D eigenvalue weighted by Gasteiger charge is -2.48. The van der Waals surface area contributed by atoms with Crippen molar-refractivity contribution in [2.75, 3.05) is 0 Å². The van der Waals surface area contributed by atoms with Crippen molar-refractivity contribution in [1.82, 2.24) is 0 Å². The van der Waals surface area contributed by atoms with Crippen LogP contribution in [0.5, 0.6) is 0 Å². The van der Waals surface area contributed by atoms with Crippen molar-refractivity contribution in [3.8, 4) is 0 Å². The Bertz CT molecular complexity index is 240. The molecule has 0 aromatic heterocycles. The number of primary amides is 1. The van der Waals surface area contributed by atoms with E-state index in [0.29, 0.717) is 12.8 Å². The van der Waals surface area contributed by atoms with Gasteiger partial charge in [-0.15, -0.1) is 0 Å². The monoisotopic (exact) mass is 198 g/mol. The molecule has 0 aromatic carbocycles. The zero-order valence-corrected chi connectivity index (χ0v) is 9.68. The predicted octanol–water partition coefficient (Wildman–Crippen LogP) is 1.41. The number of amides is 1. The second-order valence-electron chi connectivity index (χ2n) is 6.38. The van der Waals surface area contributed by atoms with Gasteiger partial charge < -0.3 is 11.5 Å². The molecular weight excluding hydrogens is 176 g/mol. The first-order valence-corrected chi connectivity index (χ1v) is 5.15. The van der Waals surface area contributed by atoms with Crippen LogP contribution in [0.15, 0.2) is 0 Å². The highest BCUT2D eigenvalue weighted by Crippen LogP contribution is 2.48. The van der Waals surface area contributed by atoms with Crippen LogP contribution in [0.4, 0.5) is 0 Å². The highest BCUT2D eigenvalue weighted by molar-refractivity contribution is 5.84. The summed E-state index contributed by atoms with van der Waals surface area (Å²) in [6.45, 7) is 8.60. The molecule has 1 aliphatic carbocycles.